The number of rotatable bonds is 4. The second kappa shape index (κ2) is 5.70. The maximum absolute atomic E-state index is 12.8. The summed E-state index contributed by atoms with van der Waals surface area (Å²) >= 11 is 0. The van der Waals surface area contributed by atoms with E-state index in [1.807, 2.05) is 59.4 Å². The molecule has 0 aliphatic heterocycles. The highest BCUT2D eigenvalue weighted by Gasteiger charge is 2.02. The molecule has 0 saturated heterocycles. The molecule has 0 atom stereocenters. The third kappa shape index (κ3) is 2.94. The molecule has 3 rings (SSSR count). The zero-order valence-electron chi connectivity index (χ0n) is 11.0. The first-order valence-corrected chi connectivity index (χ1v) is 6.66. The second-order valence-electron chi connectivity index (χ2n) is 4.71. The highest BCUT2D eigenvalue weighted by atomic mass is 19.1. The predicted molar refractivity (Wildman–Crippen MR) is 77.4 cm³/mol. The predicted octanol–water partition coefficient (Wildman–Crippen LogP) is 3.80. The Morgan fingerprint density at radius 1 is 0.850 bits per heavy atom. The Balaban J connectivity index is 1.67. The number of hydrogen-bond donors (Lipinski definition) is 0. The molecule has 0 saturated carbocycles. The van der Waals surface area contributed by atoms with Crippen LogP contribution in [0.1, 0.15) is 11.3 Å². The van der Waals surface area contributed by atoms with Gasteiger partial charge in [0.05, 0.1) is 11.4 Å². The second-order valence-corrected chi connectivity index (χ2v) is 4.71. The van der Waals surface area contributed by atoms with Gasteiger partial charge < -0.3 is 0 Å². The molecule has 1 heterocycles. The van der Waals surface area contributed by atoms with Gasteiger partial charge in [-0.2, -0.15) is 5.10 Å². The average molecular weight is 266 g/mol. The van der Waals surface area contributed by atoms with Crippen LogP contribution >= 0.6 is 0 Å². The molecular weight excluding hydrogens is 251 g/mol. The molecule has 0 aliphatic carbocycles. The number of hydrogen-bond acceptors (Lipinski definition) is 1. The van der Waals surface area contributed by atoms with Gasteiger partial charge >= 0.3 is 0 Å². The van der Waals surface area contributed by atoms with Gasteiger partial charge in [0.1, 0.15) is 5.82 Å². The monoisotopic (exact) mass is 266 g/mol. The molecule has 3 aromatic rings. The minimum absolute atomic E-state index is 0.192. The molecule has 2 nitrogen and oxygen atoms in total. The van der Waals surface area contributed by atoms with Crippen LogP contribution in [-0.2, 0) is 12.8 Å². The fourth-order valence-electron chi connectivity index (χ4n) is 2.14. The van der Waals surface area contributed by atoms with Gasteiger partial charge in [-0.25, -0.2) is 9.07 Å². The summed E-state index contributed by atoms with van der Waals surface area (Å²) in [6.07, 6.45) is 3.69. The highest BCUT2D eigenvalue weighted by molar-refractivity contribution is 5.30. The van der Waals surface area contributed by atoms with Crippen molar-refractivity contribution in [2.24, 2.45) is 0 Å². The summed E-state index contributed by atoms with van der Waals surface area (Å²) in [5, 5.41) is 4.56. The first-order valence-electron chi connectivity index (χ1n) is 6.66. The summed E-state index contributed by atoms with van der Waals surface area (Å²) in [4.78, 5) is 0. The lowest BCUT2D eigenvalue weighted by molar-refractivity contribution is 0.627. The minimum Gasteiger partial charge on any atom is -0.241 e. The Kier molecular flexibility index (Phi) is 3.59. The van der Waals surface area contributed by atoms with Crippen LogP contribution in [0.25, 0.3) is 5.69 Å². The van der Waals surface area contributed by atoms with Crippen molar-refractivity contribution in [1.82, 2.24) is 9.78 Å². The fourth-order valence-corrected chi connectivity index (χ4v) is 2.14. The van der Waals surface area contributed by atoms with Crippen LogP contribution in [0.3, 0.4) is 0 Å². The van der Waals surface area contributed by atoms with E-state index in [0.29, 0.717) is 0 Å². The third-order valence-electron chi connectivity index (χ3n) is 3.25. The van der Waals surface area contributed by atoms with E-state index in [1.54, 1.807) is 0 Å². The van der Waals surface area contributed by atoms with Gasteiger partial charge in [0.25, 0.3) is 0 Å². The zero-order chi connectivity index (χ0) is 13.8. The third-order valence-corrected chi connectivity index (χ3v) is 3.25. The Hall–Kier alpha value is -2.42. The minimum atomic E-state index is -0.192. The van der Waals surface area contributed by atoms with Gasteiger partial charge in [-0.1, -0.05) is 30.3 Å². The number of nitrogens with zero attached hydrogens (tertiary/aromatic N) is 2. The lowest BCUT2D eigenvalue weighted by Gasteiger charge is -2.01. The Labute approximate surface area is 117 Å². The summed E-state index contributed by atoms with van der Waals surface area (Å²) in [6.45, 7) is 0. The van der Waals surface area contributed by atoms with Gasteiger partial charge in [-0.3, -0.25) is 0 Å². The van der Waals surface area contributed by atoms with Crippen LogP contribution < -0.4 is 0 Å². The Morgan fingerprint density at radius 2 is 1.60 bits per heavy atom. The van der Waals surface area contributed by atoms with Gasteiger partial charge in [-0.15, -0.1) is 0 Å². The largest absolute Gasteiger partial charge is 0.241 e. The van der Waals surface area contributed by atoms with E-state index in [-0.39, 0.29) is 5.82 Å². The summed E-state index contributed by atoms with van der Waals surface area (Å²) < 4.78 is 14.7. The molecule has 0 N–H and O–H groups in total. The van der Waals surface area contributed by atoms with E-state index >= 15 is 0 Å². The molecule has 0 bridgehead atoms. The molecular formula is C17H15FN2. The average Bonchev–Trinajstić information content (AvgIpc) is 2.97. The number of aryl methyl sites for hydroxylation is 2. The van der Waals surface area contributed by atoms with E-state index in [2.05, 4.69) is 5.10 Å². The van der Waals surface area contributed by atoms with Gasteiger partial charge in [0.15, 0.2) is 0 Å². The molecule has 1 aromatic heterocycles. The normalized spacial score (nSPS) is 10.7. The number of halogens is 1. The van der Waals surface area contributed by atoms with Crippen molar-refractivity contribution in [3.05, 3.63) is 83.9 Å². The van der Waals surface area contributed by atoms with Crippen molar-refractivity contribution in [3.63, 3.8) is 0 Å². The van der Waals surface area contributed by atoms with E-state index < -0.39 is 0 Å². The molecule has 0 radical (unpaired) electrons. The molecule has 20 heavy (non-hydrogen) atoms. The van der Waals surface area contributed by atoms with Crippen LogP contribution in [-0.4, -0.2) is 9.78 Å². The number of benzene rings is 2. The van der Waals surface area contributed by atoms with Crippen LogP contribution in [0, 0.1) is 5.82 Å². The maximum atomic E-state index is 12.8. The van der Waals surface area contributed by atoms with Crippen LogP contribution in [0.4, 0.5) is 4.39 Å². The maximum Gasteiger partial charge on any atom is 0.123 e. The first kappa shape index (κ1) is 12.6. The van der Waals surface area contributed by atoms with Crippen molar-refractivity contribution in [2.45, 2.75) is 12.8 Å². The Bertz CT molecular complexity index is 672. The molecule has 100 valence electrons. The van der Waals surface area contributed by atoms with Crippen molar-refractivity contribution < 1.29 is 4.39 Å². The van der Waals surface area contributed by atoms with Gasteiger partial charge in [0, 0.05) is 6.20 Å². The summed E-state index contributed by atoms with van der Waals surface area (Å²) in [5.41, 5.74) is 3.22. The molecule has 0 spiro atoms. The molecule has 2 aromatic carbocycles. The highest BCUT2D eigenvalue weighted by Crippen LogP contribution is 2.10. The molecule has 0 unspecified atom stereocenters. The molecule has 3 heteroatoms. The smallest absolute Gasteiger partial charge is 0.123 e. The fraction of sp³-hybridized carbons (Fsp3) is 0.118. The quantitative estimate of drug-likeness (QED) is 0.702. The SMILES string of the molecule is Fc1ccc(CCc2ccn(-c3ccccc3)n2)cc1. The Morgan fingerprint density at radius 3 is 2.35 bits per heavy atom. The number of para-hydroxylation sites is 1. The van der Waals surface area contributed by atoms with E-state index in [1.165, 1.54) is 12.1 Å². The van der Waals surface area contributed by atoms with Crippen molar-refractivity contribution in [2.75, 3.05) is 0 Å². The molecule has 0 fully saturated rings. The van der Waals surface area contributed by atoms with E-state index in [4.69, 9.17) is 0 Å². The van der Waals surface area contributed by atoms with Gasteiger partial charge in [-0.05, 0) is 48.7 Å². The number of aromatic nitrogens is 2. The van der Waals surface area contributed by atoms with Crippen LogP contribution in [0.5, 0.6) is 0 Å². The standard InChI is InChI=1S/C17H15FN2/c18-15-9-6-14(7-10-15)8-11-16-12-13-20(19-16)17-4-2-1-3-5-17/h1-7,9-10,12-13H,8,11H2. The first-order chi connectivity index (χ1) is 9.81. The topological polar surface area (TPSA) is 17.8 Å². The van der Waals surface area contributed by atoms with Crippen LogP contribution in [0.15, 0.2) is 66.9 Å². The van der Waals surface area contributed by atoms with E-state index in [0.717, 1.165) is 29.8 Å². The van der Waals surface area contributed by atoms with Crippen molar-refractivity contribution in [1.29, 1.82) is 0 Å². The summed E-state index contributed by atoms with van der Waals surface area (Å²) in [7, 11) is 0. The van der Waals surface area contributed by atoms with Crippen molar-refractivity contribution in [3.8, 4) is 5.69 Å². The summed E-state index contributed by atoms with van der Waals surface area (Å²) in [6, 6.07) is 18.7. The zero-order valence-corrected chi connectivity index (χ0v) is 11.0. The molecule has 0 amide bonds. The molecule has 0 aliphatic rings. The lowest BCUT2D eigenvalue weighted by Crippen LogP contribution is -1.97. The van der Waals surface area contributed by atoms with Crippen LogP contribution in [0.2, 0.25) is 0 Å². The van der Waals surface area contributed by atoms with E-state index in [9.17, 15) is 4.39 Å². The summed E-state index contributed by atoms with van der Waals surface area (Å²) in [5.74, 6) is -0.192. The van der Waals surface area contributed by atoms with Gasteiger partial charge in [0.2, 0.25) is 0 Å². The van der Waals surface area contributed by atoms with Crippen molar-refractivity contribution >= 4 is 0 Å². The lowest BCUT2D eigenvalue weighted by atomic mass is 10.1.